The van der Waals surface area contributed by atoms with Gasteiger partial charge < -0.3 is 19.3 Å². The minimum absolute atomic E-state index is 0.0230. The minimum Gasteiger partial charge on any atom is -0.341 e. The summed E-state index contributed by atoms with van der Waals surface area (Å²) in [6.45, 7) is 3.62. The Morgan fingerprint density at radius 1 is 0.935 bits per heavy atom. The van der Waals surface area contributed by atoms with Crippen molar-refractivity contribution in [3.8, 4) is 0 Å². The average Bonchev–Trinajstić information content (AvgIpc) is 2.81. The molecule has 0 bridgehead atoms. The molecule has 0 aliphatic carbocycles. The van der Waals surface area contributed by atoms with E-state index in [0.29, 0.717) is 12.1 Å². The first-order valence-corrected chi connectivity index (χ1v) is 11.1. The van der Waals surface area contributed by atoms with Gasteiger partial charge in [-0.25, -0.2) is 0 Å². The number of carbonyl (C=O) groups excluding carboxylic acids is 2. The summed E-state index contributed by atoms with van der Waals surface area (Å²) in [6, 6.07) is 12.9. The van der Waals surface area contributed by atoms with Crippen LogP contribution in [0.25, 0.3) is 0 Å². The minimum atomic E-state index is -0.264. The Bertz CT molecular complexity index is 982. The van der Waals surface area contributed by atoms with E-state index in [1.54, 1.807) is 12.3 Å². The third kappa shape index (κ3) is 4.88. The second-order valence-corrected chi connectivity index (χ2v) is 8.51. The van der Waals surface area contributed by atoms with Gasteiger partial charge >= 0.3 is 0 Å². The molecule has 0 saturated carbocycles. The Morgan fingerprint density at radius 3 is 2.42 bits per heavy atom. The maximum atomic E-state index is 13.4. The lowest BCUT2D eigenvalue weighted by Crippen LogP contribution is -2.49. The Hall–Kier alpha value is -2.93. The van der Waals surface area contributed by atoms with Gasteiger partial charge in [0.25, 0.3) is 11.5 Å². The van der Waals surface area contributed by atoms with Crippen LogP contribution in [0.5, 0.6) is 0 Å². The van der Waals surface area contributed by atoms with E-state index >= 15 is 0 Å². The maximum absolute atomic E-state index is 13.4. The summed E-state index contributed by atoms with van der Waals surface area (Å²) in [7, 11) is 2.06. The molecule has 2 aliphatic rings. The van der Waals surface area contributed by atoms with Crippen molar-refractivity contribution < 1.29 is 9.59 Å². The van der Waals surface area contributed by atoms with Crippen LogP contribution in [-0.2, 0) is 11.3 Å². The molecule has 2 saturated heterocycles. The molecular weight excluding hydrogens is 392 g/mol. The molecule has 0 N–H and O–H groups in total. The van der Waals surface area contributed by atoms with Gasteiger partial charge in [-0.2, -0.15) is 0 Å². The van der Waals surface area contributed by atoms with Crippen LogP contribution in [0, 0.1) is 0 Å². The highest BCUT2D eigenvalue weighted by atomic mass is 16.2. The number of aromatic nitrogens is 1. The van der Waals surface area contributed by atoms with E-state index in [1.807, 2.05) is 40.1 Å². The molecule has 31 heavy (non-hydrogen) atoms. The number of carbonyl (C=O) groups is 2. The van der Waals surface area contributed by atoms with Crippen molar-refractivity contribution in [2.24, 2.45) is 0 Å². The fourth-order valence-corrected chi connectivity index (χ4v) is 4.46. The van der Waals surface area contributed by atoms with Gasteiger partial charge in [-0.1, -0.05) is 30.3 Å². The third-order valence-electron chi connectivity index (χ3n) is 6.27. The summed E-state index contributed by atoms with van der Waals surface area (Å²) in [5.74, 6) is -0.172. The molecule has 0 spiro atoms. The highest BCUT2D eigenvalue weighted by Crippen LogP contribution is 2.26. The van der Waals surface area contributed by atoms with Crippen molar-refractivity contribution in [3.63, 3.8) is 0 Å². The van der Waals surface area contributed by atoms with Crippen LogP contribution in [0.1, 0.15) is 41.2 Å². The zero-order chi connectivity index (χ0) is 21.8. The van der Waals surface area contributed by atoms with E-state index in [9.17, 15) is 14.4 Å². The number of hydrogen-bond donors (Lipinski definition) is 0. The largest absolute Gasteiger partial charge is 0.341 e. The Kier molecular flexibility index (Phi) is 6.51. The SMILES string of the molecule is CN1CCN(C(=O)c2ccc(=O)n(CC(=O)N3CCCCC3)c2)[C@H](c2ccccc2)C1. The van der Waals surface area contributed by atoms with E-state index in [2.05, 4.69) is 11.9 Å². The number of benzene rings is 1. The molecule has 2 fully saturated rings. The van der Waals surface area contributed by atoms with Gasteiger partial charge in [0, 0.05) is 45.0 Å². The molecule has 7 nitrogen and oxygen atoms in total. The maximum Gasteiger partial charge on any atom is 0.255 e. The van der Waals surface area contributed by atoms with Crippen LogP contribution in [-0.4, -0.2) is 70.9 Å². The highest BCUT2D eigenvalue weighted by Gasteiger charge is 2.31. The van der Waals surface area contributed by atoms with Gasteiger partial charge in [0.2, 0.25) is 5.91 Å². The molecule has 7 heteroatoms. The molecule has 2 aliphatic heterocycles. The van der Waals surface area contributed by atoms with Crippen molar-refractivity contribution in [2.75, 3.05) is 39.8 Å². The molecule has 3 heterocycles. The summed E-state index contributed by atoms with van der Waals surface area (Å²) < 4.78 is 1.37. The number of likely N-dealkylation sites (tertiary alicyclic amines) is 1. The zero-order valence-corrected chi connectivity index (χ0v) is 18.1. The molecule has 1 aromatic heterocycles. The van der Waals surface area contributed by atoms with Crippen molar-refractivity contribution >= 4 is 11.8 Å². The fraction of sp³-hybridized carbons (Fsp3) is 0.458. The molecule has 2 aromatic rings. The number of nitrogens with zero attached hydrogens (tertiary/aromatic N) is 4. The predicted molar refractivity (Wildman–Crippen MR) is 119 cm³/mol. The predicted octanol–water partition coefficient (Wildman–Crippen LogP) is 1.99. The Morgan fingerprint density at radius 2 is 1.68 bits per heavy atom. The summed E-state index contributed by atoms with van der Waals surface area (Å²) in [5, 5.41) is 0. The van der Waals surface area contributed by atoms with E-state index in [-0.39, 0.29) is 30.0 Å². The van der Waals surface area contributed by atoms with Gasteiger partial charge in [-0.3, -0.25) is 14.4 Å². The summed E-state index contributed by atoms with van der Waals surface area (Å²) in [5.41, 5.74) is 1.27. The van der Waals surface area contributed by atoms with Crippen LogP contribution in [0.4, 0.5) is 0 Å². The first-order chi connectivity index (χ1) is 15.0. The Balaban J connectivity index is 1.55. The molecular formula is C24H30N4O3. The summed E-state index contributed by atoms with van der Waals surface area (Å²) >= 11 is 0. The number of hydrogen-bond acceptors (Lipinski definition) is 4. The molecule has 4 rings (SSSR count). The summed E-state index contributed by atoms with van der Waals surface area (Å²) in [4.78, 5) is 44.4. The standard InChI is InChI=1S/C24H30N4O3/c1-25-14-15-28(21(17-25)19-8-4-2-5-9-19)24(31)20-10-11-22(29)27(16-20)18-23(30)26-12-6-3-7-13-26/h2,4-5,8-11,16,21H,3,6-7,12-15,17-18H2,1H3/t21-/m0/s1. The number of amides is 2. The van der Waals surface area contributed by atoms with Crippen molar-refractivity contribution in [3.05, 3.63) is 70.1 Å². The van der Waals surface area contributed by atoms with Crippen molar-refractivity contribution in [2.45, 2.75) is 31.8 Å². The van der Waals surface area contributed by atoms with Crippen LogP contribution < -0.4 is 5.56 Å². The molecule has 0 unspecified atom stereocenters. The van der Waals surface area contributed by atoms with Crippen LogP contribution in [0.2, 0.25) is 0 Å². The van der Waals surface area contributed by atoms with Gasteiger partial charge in [-0.05, 0) is 37.9 Å². The fourth-order valence-electron chi connectivity index (χ4n) is 4.46. The number of likely N-dealkylation sites (N-methyl/N-ethyl adjacent to an activating group) is 1. The number of rotatable bonds is 4. The van der Waals surface area contributed by atoms with Gasteiger partial charge in [0.1, 0.15) is 6.54 Å². The lowest BCUT2D eigenvalue weighted by molar-refractivity contribution is -0.132. The number of pyridine rings is 1. The highest BCUT2D eigenvalue weighted by molar-refractivity contribution is 5.94. The number of piperidine rings is 1. The topological polar surface area (TPSA) is 65.9 Å². The molecule has 1 atom stereocenters. The third-order valence-corrected chi connectivity index (χ3v) is 6.27. The van der Waals surface area contributed by atoms with Gasteiger partial charge in [-0.15, -0.1) is 0 Å². The van der Waals surface area contributed by atoms with Crippen LogP contribution in [0.3, 0.4) is 0 Å². The first kappa shape index (κ1) is 21.3. The van der Waals surface area contributed by atoms with E-state index in [4.69, 9.17) is 0 Å². The van der Waals surface area contributed by atoms with Crippen LogP contribution >= 0.6 is 0 Å². The number of piperazine rings is 1. The monoisotopic (exact) mass is 422 g/mol. The second-order valence-electron chi connectivity index (χ2n) is 8.51. The quantitative estimate of drug-likeness (QED) is 0.756. The smallest absolute Gasteiger partial charge is 0.255 e. The van der Waals surface area contributed by atoms with Gasteiger partial charge in [0.05, 0.1) is 11.6 Å². The second kappa shape index (κ2) is 9.47. The van der Waals surface area contributed by atoms with Crippen molar-refractivity contribution in [1.29, 1.82) is 0 Å². The van der Waals surface area contributed by atoms with Crippen molar-refractivity contribution in [1.82, 2.24) is 19.3 Å². The molecule has 1 aromatic carbocycles. The average molecular weight is 423 g/mol. The van der Waals surface area contributed by atoms with Crippen LogP contribution in [0.15, 0.2) is 53.5 Å². The molecule has 2 amide bonds. The van der Waals surface area contributed by atoms with E-state index < -0.39 is 0 Å². The lowest BCUT2D eigenvalue weighted by atomic mass is 10.0. The molecule has 0 radical (unpaired) electrons. The lowest BCUT2D eigenvalue weighted by Gasteiger charge is -2.40. The molecule has 164 valence electrons. The van der Waals surface area contributed by atoms with Gasteiger partial charge in [0.15, 0.2) is 0 Å². The van der Waals surface area contributed by atoms with E-state index in [1.165, 1.54) is 10.6 Å². The normalized spacial score (nSPS) is 20.0. The zero-order valence-electron chi connectivity index (χ0n) is 18.1. The van der Waals surface area contributed by atoms with E-state index in [0.717, 1.165) is 51.0 Å². The summed E-state index contributed by atoms with van der Waals surface area (Å²) in [6.07, 6.45) is 4.70. The Labute approximate surface area is 182 Å². The first-order valence-electron chi connectivity index (χ1n) is 11.1.